The van der Waals surface area contributed by atoms with Crippen LogP contribution in [-0.2, 0) is 6.54 Å². The van der Waals surface area contributed by atoms with Crippen molar-refractivity contribution in [2.75, 3.05) is 0 Å². The van der Waals surface area contributed by atoms with Crippen molar-refractivity contribution in [2.45, 2.75) is 45.2 Å². The fourth-order valence-corrected chi connectivity index (χ4v) is 2.45. The molecule has 0 bridgehead atoms. The molecule has 1 aromatic carbocycles. The molecule has 0 unspecified atom stereocenters. The Labute approximate surface area is 119 Å². The van der Waals surface area contributed by atoms with Crippen LogP contribution in [0.1, 0.15) is 43.9 Å². The quantitative estimate of drug-likeness (QED) is 0.901. The fourth-order valence-electron chi connectivity index (χ4n) is 2.27. The van der Waals surface area contributed by atoms with Crippen molar-refractivity contribution < 1.29 is 0 Å². The summed E-state index contributed by atoms with van der Waals surface area (Å²) < 4.78 is 0. The molecule has 1 fully saturated rings. The minimum atomic E-state index is 0.444. The van der Waals surface area contributed by atoms with E-state index in [1.54, 1.807) is 0 Å². The molecule has 0 amide bonds. The smallest absolute Gasteiger partial charge is 0.0709 e. The van der Waals surface area contributed by atoms with Crippen molar-refractivity contribution in [3.63, 3.8) is 0 Å². The molecule has 0 aliphatic heterocycles. The minimum absolute atomic E-state index is 0.444. The van der Waals surface area contributed by atoms with E-state index in [4.69, 9.17) is 16.6 Å². The van der Waals surface area contributed by atoms with E-state index in [1.165, 1.54) is 23.8 Å². The van der Waals surface area contributed by atoms with Crippen molar-refractivity contribution in [1.82, 2.24) is 10.3 Å². The van der Waals surface area contributed by atoms with Gasteiger partial charge >= 0.3 is 0 Å². The average molecular weight is 275 g/mol. The first kappa shape index (κ1) is 12.9. The summed E-state index contributed by atoms with van der Waals surface area (Å²) in [4.78, 5) is 4.73. The van der Waals surface area contributed by atoms with Crippen LogP contribution < -0.4 is 5.32 Å². The number of benzene rings is 1. The minimum Gasteiger partial charge on any atom is -0.310 e. The maximum absolute atomic E-state index is 6.12. The Morgan fingerprint density at radius 1 is 1.32 bits per heavy atom. The summed E-state index contributed by atoms with van der Waals surface area (Å²) >= 11 is 6.12. The SMILES string of the molecule is CC(C)c1cc(CNC2CC2)c2cc(Cl)ccc2n1. The highest BCUT2D eigenvalue weighted by Gasteiger charge is 2.20. The van der Waals surface area contributed by atoms with Gasteiger partial charge in [-0.05, 0) is 48.6 Å². The molecule has 1 saturated carbocycles. The number of nitrogens with zero attached hydrogens (tertiary/aromatic N) is 1. The van der Waals surface area contributed by atoms with E-state index >= 15 is 0 Å². The molecular weight excluding hydrogens is 256 g/mol. The summed E-state index contributed by atoms with van der Waals surface area (Å²) in [5.41, 5.74) is 3.51. The molecule has 1 aliphatic carbocycles. The number of pyridine rings is 1. The molecule has 2 aromatic rings. The summed E-state index contributed by atoms with van der Waals surface area (Å²) in [5, 5.41) is 5.53. The maximum atomic E-state index is 6.12. The summed E-state index contributed by atoms with van der Waals surface area (Å²) in [5.74, 6) is 0.444. The lowest BCUT2D eigenvalue weighted by Gasteiger charge is -2.12. The van der Waals surface area contributed by atoms with Crippen LogP contribution in [0, 0.1) is 0 Å². The number of halogens is 1. The standard InChI is InChI=1S/C16H19ClN2/c1-10(2)16-7-11(9-18-13-4-5-13)14-8-12(17)3-6-15(14)19-16/h3,6-8,10,13,18H,4-5,9H2,1-2H3. The van der Waals surface area contributed by atoms with E-state index in [-0.39, 0.29) is 0 Å². The van der Waals surface area contributed by atoms with E-state index in [0.717, 1.165) is 22.8 Å². The third kappa shape index (κ3) is 2.90. The number of aromatic nitrogens is 1. The molecule has 3 rings (SSSR count). The second-order valence-corrected chi connectivity index (χ2v) is 6.11. The monoisotopic (exact) mass is 274 g/mol. The predicted octanol–water partition coefficient (Wildman–Crippen LogP) is 4.26. The number of nitrogens with one attached hydrogen (secondary N) is 1. The van der Waals surface area contributed by atoms with E-state index < -0.39 is 0 Å². The van der Waals surface area contributed by atoms with Crippen molar-refractivity contribution in [1.29, 1.82) is 0 Å². The zero-order valence-electron chi connectivity index (χ0n) is 11.4. The van der Waals surface area contributed by atoms with Gasteiger partial charge in [0.1, 0.15) is 0 Å². The van der Waals surface area contributed by atoms with Gasteiger partial charge in [-0.15, -0.1) is 0 Å². The van der Waals surface area contributed by atoms with Crippen molar-refractivity contribution >= 4 is 22.5 Å². The largest absolute Gasteiger partial charge is 0.310 e. The molecule has 3 heteroatoms. The Hall–Kier alpha value is -1.12. The highest BCUT2D eigenvalue weighted by molar-refractivity contribution is 6.31. The van der Waals surface area contributed by atoms with Gasteiger partial charge in [0.15, 0.2) is 0 Å². The number of hydrogen-bond donors (Lipinski definition) is 1. The molecule has 0 saturated heterocycles. The Bertz CT molecular complexity index is 603. The highest BCUT2D eigenvalue weighted by atomic mass is 35.5. The number of rotatable bonds is 4. The van der Waals surface area contributed by atoms with Crippen LogP contribution in [0.25, 0.3) is 10.9 Å². The van der Waals surface area contributed by atoms with E-state index in [0.29, 0.717) is 12.0 Å². The molecule has 1 heterocycles. The predicted molar refractivity (Wildman–Crippen MR) is 80.7 cm³/mol. The Kier molecular flexibility index (Phi) is 3.46. The van der Waals surface area contributed by atoms with Crippen LogP contribution in [0.15, 0.2) is 24.3 Å². The van der Waals surface area contributed by atoms with E-state index in [2.05, 4.69) is 25.2 Å². The first-order valence-electron chi connectivity index (χ1n) is 6.96. The van der Waals surface area contributed by atoms with Gasteiger partial charge in [0, 0.05) is 28.7 Å². The highest BCUT2D eigenvalue weighted by Crippen LogP contribution is 2.26. The van der Waals surface area contributed by atoms with Crippen molar-refractivity contribution in [2.24, 2.45) is 0 Å². The molecular formula is C16H19ClN2. The van der Waals surface area contributed by atoms with Gasteiger partial charge in [0.05, 0.1) is 5.52 Å². The van der Waals surface area contributed by atoms with E-state index in [1.807, 2.05) is 18.2 Å². The summed E-state index contributed by atoms with van der Waals surface area (Å²) in [6, 6.07) is 8.89. The van der Waals surface area contributed by atoms with Crippen LogP contribution >= 0.6 is 11.6 Å². The Morgan fingerprint density at radius 2 is 2.11 bits per heavy atom. The molecule has 100 valence electrons. The Balaban J connectivity index is 2.04. The lowest BCUT2D eigenvalue weighted by molar-refractivity contribution is 0.688. The summed E-state index contributed by atoms with van der Waals surface area (Å²) in [7, 11) is 0. The number of fused-ring (bicyclic) bond motifs is 1. The third-order valence-corrected chi connectivity index (χ3v) is 3.86. The molecule has 0 radical (unpaired) electrons. The van der Waals surface area contributed by atoms with Crippen molar-refractivity contribution in [3.05, 3.63) is 40.5 Å². The normalized spacial score (nSPS) is 15.4. The molecule has 0 atom stereocenters. The summed E-state index contributed by atoms with van der Waals surface area (Å²) in [6.07, 6.45) is 2.61. The first-order valence-corrected chi connectivity index (χ1v) is 7.34. The zero-order chi connectivity index (χ0) is 13.4. The molecule has 19 heavy (non-hydrogen) atoms. The second-order valence-electron chi connectivity index (χ2n) is 5.68. The lowest BCUT2D eigenvalue weighted by Crippen LogP contribution is -2.16. The number of hydrogen-bond acceptors (Lipinski definition) is 2. The fraction of sp³-hybridized carbons (Fsp3) is 0.438. The summed E-state index contributed by atoms with van der Waals surface area (Å²) in [6.45, 7) is 5.27. The molecule has 0 spiro atoms. The third-order valence-electron chi connectivity index (χ3n) is 3.63. The van der Waals surface area contributed by atoms with Gasteiger partial charge in [-0.1, -0.05) is 25.4 Å². The molecule has 2 nitrogen and oxygen atoms in total. The van der Waals surface area contributed by atoms with Gasteiger partial charge < -0.3 is 5.32 Å². The van der Waals surface area contributed by atoms with Crippen LogP contribution in [0.4, 0.5) is 0 Å². The topological polar surface area (TPSA) is 24.9 Å². The molecule has 1 N–H and O–H groups in total. The van der Waals surface area contributed by atoms with Gasteiger partial charge in [0.25, 0.3) is 0 Å². The van der Waals surface area contributed by atoms with Crippen molar-refractivity contribution in [3.8, 4) is 0 Å². The van der Waals surface area contributed by atoms with Crippen LogP contribution in [0.2, 0.25) is 5.02 Å². The lowest BCUT2D eigenvalue weighted by atomic mass is 10.0. The van der Waals surface area contributed by atoms with Gasteiger partial charge in [-0.25, -0.2) is 0 Å². The Morgan fingerprint density at radius 3 is 2.79 bits per heavy atom. The van der Waals surface area contributed by atoms with Gasteiger partial charge in [-0.2, -0.15) is 0 Å². The zero-order valence-corrected chi connectivity index (χ0v) is 12.2. The van der Waals surface area contributed by atoms with Crippen LogP contribution in [0.5, 0.6) is 0 Å². The second kappa shape index (κ2) is 5.10. The maximum Gasteiger partial charge on any atom is 0.0709 e. The van der Waals surface area contributed by atoms with Crippen LogP contribution in [-0.4, -0.2) is 11.0 Å². The first-order chi connectivity index (χ1) is 9.13. The average Bonchev–Trinajstić information content (AvgIpc) is 3.19. The van der Waals surface area contributed by atoms with E-state index in [9.17, 15) is 0 Å². The molecule has 1 aromatic heterocycles. The van der Waals surface area contributed by atoms with Gasteiger partial charge in [-0.3, -0.25) is 4.98 Å². The van der Waals surface area contributed by atoms with Crippen LogP contribution in [0.3, 0.4) is 0 Å². The van der Waals surface area contributed by atoms with Gasteiger partial charge in [0.2, 0.25) is 0 Å². The molecule has 1 aliphatic rings.